The molecule has 200 valence electrons. The number of benzene rings is 4. The summed E-state index contributed by atoms with van der Waals surface area (Å²) < 4.78 is 17.2. The van der Waals surface area contributed by atoms with Crippen molar-refractivity contribution in [1.29, 1.82) is 0 Å². The van der Waals surface area contributed by atoms with Gasteiger partial charge in [0.2, 0.25) is 0 Å². The van der Waals surface area contributed by atoms with Crippen LogP contribution in [0.3, 0.4) is 0 Å². The number of methoxy groups -OCH3 is 2. The van der Waals surface area contributed by atoms with E-state index in [1.807, 2.05) is 108 Å². The van der Waals surface area contributed by atoms with Gasteiger partial charge in [-0.3, -0.25) is 9.89 Å². The molecule has 0 saturated carbocycles. The van der Waals surface area contributed by atoms with Crippen molar-refractivity contribution in [2.45, 2.75) is 19.2 Å². The molecule has 1 aliphatic heterocycles. The highest BCUT2D eigenvalue weighted by atomic mass is 16.5. The normalized spacial score (nSPS) is 14.2. The zero-order valence-corrected chi connectivity index (χ0v) is 22.3. The molecule has 0 fully saturated rings. The Hall–Kier alpha value is -5.04. The van der Waals surface area contributed by atoms with Crippen molar-refractivity contribution in [2.75, 3.05) is 14.2 Å². The van der Waals surface area contributed by atoms with E-state index in [0.29, 0.717) is 30.3 Å². The van der Waals surface area contributed by atoms with Crippen LogP contribution in [0.2, 0.25) is 0 Å². The molecule has 2 heterocycles. The summed E-state index contributed by atoms with van der Waals surface area (Å²) in [6, 6.07) is 33.2. The molecule has 7 nitrogen and oxygen atoms in total. The zero-order valence-electron chi connectivity index (χ0n) is 22.3. The van der Waals surface area contributed by atoms with Gasteiger partial charge in [-0.25, -0.2) is 0 Å². The van der Waals surface area contributed by atoms with E-state index in [2.05, 4.69) is 10.2 Å². The van der Waals surface area contributed by atoms with Gasteiger partial charge in [0.25, 0.3) is 5.91 Å². The van der Waals surface area contributed by atoms with E-state index in [1.54, 1.807) is 14.2 Å². The van der Waals surface area contributed by atoms with E-state index < -0.39 is 0 Å². The molecule has 0 bridgehead atoms. The molecule has 5 aromatic rings. The Morgan fingerprint density at radius 2 is 1.52 bits per heavy atom. The van der Waals surface area contributed by atoms with Crippen molar-refractivity contribution in [2.24, 2.45) is 0 Å². The van der Waals surface area contributed by atoms with Crippen LogP contribution in [0.25, 0.3) is 11.3 Å². The van der Waals surface area contributed by atoms with E-state index in [9.17, 15) is 4.79 Å². The summed E-state index contributed by atoms with van der Waals surface area (Å²) in [7, 11) is 3.27. The highest BCUT2D eigenvalue weighted by Crippen LogP contribution is 2.45. The number of nitrogens with zero attached hydrogens (tertiary/aromatic N) is 2. The van der Waals surface area contributed by atoms with Gasteiger partial charge in [0, 0.05) is 17.7 Å². The maximum Gasteiger partial charge on any atom is 0.273 e. The number of hydrogen-bond acceptors (Lipinski definition) is 5. The fraction of sp³-hybridized carbons (Fsp3) is 0.152. The molecule has 1 N–H and O–H groups in total. The summed E-state index contributed by atoms with van der Waals surface area (Å²) in [6.07, 6.45) is 0. The van der Waals surface area contributed by atoms with Crippen LogP contribution in [0.4, 0.5) is 0 Å². The first-order valence-electron chi connectivity index (χ1n) is 13.1. The maximum absolute atomic E-state index is 13.8. The third-order valence-electron chi connectivity index (χ3n) is 7.16. The maximum atomic E-state index is 13.8. The molecule has 1 atom stereocenters. The molecule has 7 heteroatoms. The van der Waals surface area contributed by atoms with Gasteiger partial charge in [-0.1, -0.05) is 78.9 Å². The number of amides is 1. The number of aromatic nitrogens is 2. The van der Waals surface area contributed by atoms with E-state index in [1.165, 1.54) is 0 Å². The first-order chi connectivity index (χ1) is 19.7. The van der Waals surface area contributed by atoms with Crippen molar-refractivity contribution in [1.82, 2.24) is 15.1 Å². The number of carbonyl (C=O) groups is 1. The SMILES string of the molecule is COc1ccc(CN2C(=O)c3[nH]nc(-c4ccccc4)c3C2c2ccc(OCc3ccccc3)c(OC)c2)cc1. The number of rotatable bonds is 9. The van der Waals surface area contributed by atoms with Gasteiger partial charge in [0.05, 0.1) is 26.0 Å². The smallest absolute Gasteiger partial charge is 0.273 e. The van der Waals surface area contributed by atoms with E-state index in [0.717, 1.165) is 39.3 Å². The molecular formula is C33H29N3O4. The number of nitrogens with one attached hydrogen (secondary N) is 1. The lowest BCUT2D eigenvalue weighted by Crippen LogP contribution is -2.29. The topological polar surface area (TPSA) is 76.7 Å². The van der Waals surface area contributed by atoms with Crippen LogP contribution in [-0.4, -0.2) is 35.2 Å². The lowest BCUT2D eigenvalue weighted by Gasteiger charge is -2.27. The molecule has 4 aromatic carbocycles. The summed E-state index contributed by atoms with van der Waals surface area (Å²) in [5.74, 6) is 1.90. The van der Waals surface area contributed by atoms with Gasteiger partial charge in [-0.05, 0) is 41.0 Å². The summed E-state index contributed by atoms with van der Waals surface area (Å²) in [4.78, 5) is 15.7. The predicted molar refractivity (Wildman–Crippen MR) is 153 cm³/mol. The fourth-order valence-electron chi connectivity index (χ4n) is 5.16. The van der Waals surface area contributed by atoms with Crippen LogP contribution in [0.1, 0.15) is 38.8 Å². The van der Waals surface area contributed by atoms with Gasteiger partial charge >= 0.3 is 0 Å². The van der Waals surface area contributed by atoms with Gasteiger partial charge in [0.1, 0.15) is 18.1 Å². The minimum Gasteiger partial charge on any atom is -0.497 e. The van der Waals surface area contributed by atoms with Gasteiger partial charge < -0.3 is 19.1 Å². The Labute approximate surface area is 233 Å². The second-order valence-corrected chi connectivity index (χ2v) is 9.60. The third-order valence-corrected chi connectivity index (χ3v) is 7.16. The zero-order chi connectivity index (χ0) is 27.5. The van der Waals surface area contributed by atoms with E-state index in [4.69, 9.17) is 14.2 Å². The molecule has 40 heavy (non-hydrogen) atoms. The van der Waals surface area contributed by atoms with Crippen molar-refractivity contribution >= 4 is 5.91 Å². The number of aromatic amines is 1. The third kappa shape index (κ3) is 4.78. The molecule has 6 rings (SSSR count). The predicted octanol–water partition coefficient (Wildman–Crippen LogP) is 6.42. The molecule has 0 saturated heterocycles. The largest absolute Gasteiger partial charge is 0.497 e. The lowest BCUT2D eigenvalue weighted by atomic mass is 9.95. The highest BCUT2D eigenvalue weighted by molar-refractivity contribution is 6.00. The Bertz CT molecular complexity index is 1620. The lowest BCUT2D eigenvalue weighted by molar-refractivity contribution is 0.0730. The highest BCUT2D eigenvalue weighted by Gasteiger charge is 2.42. The molecule has 1 unspecified atom stereocenters. The molecule has 1 amide bonds. The molecule has 1 aliphatic rings. The summed E-state index contributed by atoms with van der Waals surface area (Å²) in [6.45, 7) is 0.838. The first kappa shape index (κ1) is 25.2. The average Bonchev–Trinajstić information content (AvgIpc) is 3.56. The van der Waals surface area contributed by atoms with E-state index >= 15 is 0 Å². The first-order valence-corrected chi connectivity index (χ1v) is 13.1. The second-order valence-electron chi connectivity index (χ2n) is 9.60. The van der Waals surface area contributed by atoms with Gasteiger partial charge in [-0.2, -0.15) is 5.10 Å². The van der Waals surface area contributed by atoms with Crippen LogP contribution in [-0.2, 0) is 13.2 Å². The summed E-state index contributed by atoms with van der Waals surface area (Å²) >= 11 is 0. The van der Waals surface area contributed by atoms with Crippen LogP contribution in [0, 0.1) is 0 Å². The Kier molecular flexibility index (Phi) is 6.93. The van der Waals surface area contributed by atoms with Crippen molar-refractivity contribution < 1.29 is 19.0 Å². The Morgan fingerprint density at radius 1 is 0.800 bits per heavy atom. The number of H-pyrrole nitrogens is 1. The molecule has 1 aromatic heterocycles. The molecule has 0 aliphatic carbocycles. The van der Waals surface area contributed by atoms with Crippen LogP contribution < -0.4 is 14.2 Å². The Balaban J connectivity index is 1.39. The van der Waals surface area contributed by atoms with Gasteiger partial charge in [-0.15, -0.1) is 0 Å². The molecular weight excluding hydrogens is 502 g/mol. The number of fused-ring (bicyclic) bond motifs is 1. The van der Waals surface area contributed by atoms with Crippen molar-refractivity contribution in [3.05, 3.63) is 131 Å². The Morgan fingerprint density at radius 3 is 2.23 bits per heavy atom. The van der Waals surface area contributed by atoms with Crippen LogP contribution in [0.5, 0.6) is 17.2 Å². The number of carbonyl (C=O) groups excluding carboxylic acids is 1. The quantitative estimate of drug-likeness (QED) is 0.238. The molecule has 0 radical (unpaired) electrons. The van der Waals surface area contributed by atoms with Gasteiger partial charge in [0.15, 0.2) is 11.5 Å². The monoisotopic (exact) mass is 531 g/mol. The van der Waals surface area contributed by atoms with Crippen molar-refractivity contribution in [3.8, 4) is 28.5 Å². The minimum atomic E-state index is -0.379. The fourth-order valence-corrected chi connectivity index (χ4v) is 5.16. The standard InChI is InChI=1S/C33H29N3O4/c1-38-26-16-13-22(14-17-26)20-36-32(29-30(24-11-7-4-8-12-24)34-35-31(29)33(36)37)25-15-18-27(28(19-25)39-2)40-21-23-9-5-3-6-10-23/h3-19,32H,20-21H2,1-2H3,(H,34,35). The van der Waals surface area contributed by atoms with Crippen molar-refractivity contribution in [3.63, 3.8) is 0 Å². The second kappa shape index (κ2) is 11.0. The average molecular weight is 532 g/mol. The van der Waals surface area contributed by atoms with Crippen LogP contribution >= 0.6 is 0 Å². The minimum absolute atomic E-state index is 0.103. The number of hydrogen-bond donors (Lipinski definition) is 1. The summed E-state index contributed by atoms with van der Waals surface area (Å²) in [5.41, 5.74) is 6.02. The summed E-state index contributed by atoms with van der Waals surface area (Å²) in [5, 5.41) is 7.61. The molecule has 0 spiro atoms. The van der Waals surface area contributed by atoms with E-state index in [-0.39, 0.29) is 11.9 Å². The van der Waals surface area contributed by atoms with Crippen LogP contribution in [0.15, 0.2) is 103 Å². The number of ether oxygens (including phenoxy) is 3.